The number of thiophene rings is 1. The summed E-state index contributed by atoms with van der Waals surface area (Å²) < 4.78 is 30.6. The van der Waals surface area contributed by atoms with E-state index in [1.807, 2.05) is 18.2 Å². The van der Waals surface area contributed by atoms with E-state index in [0.29, 0.717) is 37.9 Å². The summed E-state index contributed by atoms with van der Waals surface area (Å²) in [6, 6.07) is 12.4. The topological polar surface area (TPSA) is 114 Å². The van der Waals surface area contributed by atoms with Gasteiger partial charge in [-0.1, -0.05) is 12.1 Å². The minimum Gasteiger partial charge on any atom is -0.378 e. The van der Waals surface area contributed by atoms with Crippen molar-refractivity contribution in [1.29, 1.82) is 0 Å². The molecule has 1 aromatic carbocycles. The predicted molar refractivity (Wildman–Crippen MR) is 137 cm³/mol. The summed E-state index contributed by atoms with van der Waals surface area (Å²) in [5.41, 5.74) is 2.31. The smallest absolute Gasteiger partial charge is 0.222 e. The number of nitrogens with zero attached hydrogens (tertiary/aromatic N) is 4. The lowest BCUT2D eigenvalue weighted by atomic mass is 10.2. The average molecular weight is 510 g/mol. The van der Waals surface area contributed by atoms with E-state index in [9.17, 15) is 13.2 Å². The molecule has 35 heavy (non-hydrogen) atoms. The number of pyridine rings is 1. The average Bonchev–Trinajstić information content (AvgIpc) is 3.28. The van der Waals surface area contributed by atoms with Crippen molar-refractivity contribution < 1.29 is 17.9 Å². The molecule has 9 nitrogen and oxygen atoms in total. The molecule has 1 aliphatic heterocycles. The normalized spacial score (nSPS) is 14.3. The Labute approximate surface area is 206 Å². The summed E-state index contributed by atoms with van der Waals surface area (Å²) in [6.07, 6.45) is 2.84. The van der Waals surface area contributed by atoms with E-state index in [0.717, 1.165) is 32.0 Å². The van der Waals surface area contributed by atoms with Crippen LogP contribution in [0.15, 0.2) is 53.6 Å². The van der Waals surface area contributed by atoms with Crippen LogP contribution >= 0.6 is 11.3 Å². The van der Waals surface area contributed by atoms with Crippen molar-refractivity contribution in [2.75, 3.05) is 42.8 Å². The minimum absolute atomic E-state index is 0.191. The van der Waals surface area contributed by atoms with E-state index < -0.39 is 9.84 Å². The highest BCUT2D eigenvalue weighted by atomic mass is 32.2. The van der Waals surface area contributed by atoms with Crippen LogP contribution in [0.3, 0.4) is 0 Å². The van der Waals surface area contributed by atoms with E-state index in [1.165, 1.54) is 24.5 Å². The molecule has 11 heteroatoms. The summed E-state index contributed by atoms with van der Waals surface area (Å²) in [5.74, 6) is 1.60. The number of amides is 1. The van der Waals surface area contributed by atoms with Crippen LogP contribution in [0.5, 0.6) is 0 Å². The molecule has 1 aliphatic rings. The number of ether oxygens (including phenoxy) is 1. The quantitative estimate of drug-likeness (QED) is 0.434. The number of nitrogens with one attached hydrogen (secondary N) is 1. The third-order valence-electron chi connectivity index (χ3n) is 5.54. The Bertz CT molecular complexity index is 1510. The second-order valence-electron chi connectivity index (χ2n) is 8.21. The molecule has 1 N–H and O–H groups in total. The maximum absolute atomic E-state index is 12.1. The molecule has 0 aliphatic carbocycles. The molecule has 1 amide bonds. The predicted octanol–water partition coefficient (Wildman–Crippen LogP) is 3.62. The highest BCUT2D eigenvalue weighted by molar-refractivity contribution is 7.90. The number of sulfone groups is 1. The van der Waals surface area contributed by atoms with Gasteiger partial charge >= 0.3 is 0 Å². The lowest BCUT2D eigenvalue weighted by molar-refractivity contribution is -0.114. The van der Waals surface area contributed by atoms with E-state index >= 15 is 0 Å². The van der Waals surface area contributed by atoms with Gasteiger partial charge in [-0.25, -0.2) is 23.4 Å². The summed E-state index contributed by atoms with van der Waals surface area (Å²) in [4.78, 5) is 28.7. The zero-order valence-electron chi connectivity index (χ0n) is 19.2. The number of rotatable bonds is 5. The van der Waals surface area contributed by atoms with Crippen LogP contribution in [0, 0.1) is 0 Å². The number of carbonyl (C=O) groups excluding carboxylic acids is 1. The first-order valence-corrected chi connectivity index (χ1v) is 13.7. The van der Waals surface area contributed by atoms with Crippen molar-refractivity contribution in [3.05, 3.63) is 48.7 Å². The molecule has 1 fully saturated rings. The van der Waals surface area contributed by atoms with E-state index in [4.69, 9.17) is 14.7 Å². The van der Waals surface area contributed by atoms with Gasteiger partial charge in [0.25, 0.3) is 0 Å². The molecule has 0 radical (unpaired) electrons. The fourth-order valence-corrected chi connectivity index (χ4v) is 5.61. The van der Waals surface area contributed by atoms with E-state index in [2.05, 4.69) is 15.2 Å². The lowest BCUT2D eigenvalue weighted by Gasteiger charge is -2.28. The number of hydrogen-bond donors (Lipinski definition) is 1. The third kappa shape index (κ3) is 5.02. The van der Waals surface area contributed by atoms with E-state index in [-0.39, 0.29) is 10.8 Å². The van der Waals surface area contributed by atoms with Gasteiger partial charge < -0.3 is 15.0 Å². The van der Waals surface area contributed by atoms with Crippen LogP contribution in [0.1, 0.15) is 6.92 Å². The number of carbonyl (C=O) groups is 1. The fraction of sp³-hybridized carbons (Fsp3) is 0.250. The monoisotopic (exact) mass is 509 g/mol. The number of benzene rings is 1. The zero-order chi connectivity index (χ0) is 24.6. The highest BCUT2D eigenvalue weighted by Gasteiger charge is 2.21. The van der Waals surface area contributed by atoms with Crippen LogP contribution in [-0.2, 0) is 19.4 Å². The molecule has 0 spiro atoms. The largest absolute Gasteiger partial charge is 0.378 e. The number of hydrogen-bond acceptors (Lipinski definition) is 9. The summed E-state index contributed by atoms with van der Waals surface area (Å²) in [5, 5.41) is 2.66. The van der Waals surface area contributed by atoms with Crippen LogP contribution in [0.2, 0.25) is 0 Å². The van der Waals surface area contributed by atoms with Crippen molar-refractivity contribution in [1.82, 2.24) is 15.0 Å². The minimum atomic E-state index is -3.32. The lowest BCUT2D eigenvalue weighted by Crippen LogP contribution is -2.36. The molecule has 0 bridgehead atoms. The van der Waals surface area contributed by atoms with Gasteiger partial charge in [0.05, 0.1) is 28.3 Å². The Kier molecular flexibility index (Phi) is 6.22. The van der Waals surface area contributed by atoms with Gasteiger partial charge in [0.2, 0.25) is 5.91 Å². The van der Waals surface area contributed by atoms with Crippen LogP contribution < -0.4 is 10.2 Å². The number of morpholine rings is 1. The fourth-order valence-electron chi connectivity index (χ4n) is 3.84. The Morgan fingerprint density at radius 1 is 1.09 bits per heavy atom. The van der Waals surface area contributed by atoms with Gasteiger partial charge in [-0.2, -0.15) is 0 Å². The van der Waals surface area contributed by atoms with Gasteiger partial charge in [-0.05, 0) is 35.9 Å². The third-order valence-corrected chi connectivity index (χ3v) is 7.82. The first-order chi connectivity index (χ1) is 16.8. The van der Waals surface area contributed by atoms with Crippen LogP contribution in [0.4, 0.5) is 11.6 Å². The van der Waals surface area contributed by atoms with Gasteiger partial charge in [-0.15, -0.1) is 11.3 Å². The Balaban J connectivity index is 1.62. The van der Waals surface area contributed by atoms with Gasteiger partial charge in [0.1, 0.15) is 5.82 Å². The zero-order valence-corrected chi connectivity index (χ0v) is 20.8. The summed E-state index contributed by atoms with van der Waals surface area (Å²) in [6.45, 7) is 4.08. The maximum Gasteiger partial charge on any atom is 0.222 e. The van der Waals surface area contributed by atoms with E-state index in [1.54, 1.807) is 30.5 Å². The van der Waals surface area contributed by atoms with Crippen molar-refractivity contribution >= 4 is 48.9 Å². The molecule has 180 valence electrons. The Hall–Kier alpha value is -3.41. The van der Waals surface area contributed by atoms with Crippen molar-refractivity contribution in [3.63, 3.8) is 0 Å². The molecule has 0 unspecified atom stereocenters. The molecule has 0 atom stereocenters. The van der Waals surface area contributed by atoms with Gasteiger partial charge in [-0.3, -0.25) is 4.79 Å². The second kappa shape index (κ2) is 9.33. The molecular formula is C24H23N5O4S2. The first kappa shape index (κ1) is 23.3. The number of fused-ring (bicyclic) bond motifs is 1. The Morgan fingerprint density at radius 2 is 1.89 bits per heavy atom. The van der Waals surface area contributed by atoms with Crippen LogP contribution in [0.25, 0.3) is 32.0 Å². The van der Waals surface area contributed by atoms with Gasteiger partial charge in [0, 0.05) is 42.9 Å². The maximum atomic E-state index is 12.1. The van der Waals surface area contributed by atoms with Crippen molar-refractivity contribution in [2.24, 2.45) is 0 Å². The molecule has 4 aromatic rings. The SMILES string of the molecule is CC(=O)Nc1ccc(-c2nc(N3CCOCC3)c3sc(-c4cccc(S(C)(=O)=O)c4)cc3n2)cn1. The molecule has 3 aromatic heterocycles. The van der Waals surface area contributed by atoms with Crippen molar-refractivity contribution in [3.8, 4) is 21.8 Å². The number of anilines is 2. The molecular weight excluding hydrogens is 486 g/mol. The molecule has 4 heterocycles. The molecule has 5 rings (SSSR count). The van der Waals surface area contributed by atoms with Gasteiger partial charge in [0.15, 0.2) is 21.5 Å². The van der Waals surface area contributed by atoms with Crippen LogP contribution in [-0.4, -0.2) is 61.8 Å². The number of aromatic nitrogens is 3. The molecule has 1 saturated heterocycles. The second-order valence-corrected chi connectivity index (χ2v) is 11.3. The Morgan fingerprint density at radius 3 is 2.57 bits per heavy atom. The molecule has 0 saturated carbocycles. The summed E-state index contributed by atoms with van der Waals surface area (Å²) in [7, 11) is -3.32. The first-order valence-electron chi connectivity index (χ1n) is 11.0. The van der Waals surface area contributed by atoms with Crippen molar-refractivity contribution in [2.45, 2.75) is 11.8 Å². The standard InChI is InChI=1S/C24H23N5O4S2/c1-15(30)26-21-7-6-17(14-25-21)23-27-19-13-20(16-4-3-5-18(12-16)35(2,31)32)34-22(19)24(28-23)29-8-10-33-11-9-29/h3-7,12-14H,8-11H2,1-2H3,(H,25,26,30). The highest BCUT2D eigenvalue weighted by Crippen LogP contribution is 2.39. The summed E-state index contributed by atoms with van der Waals surface area (Å²) >= 11 is 1.54.